The summed E-state index contributed by atoms with van der Waals surface area (Å²) < 4.78 is 14.0. The third-order valence-corrected chi connectivity index (χ3v) is 3.72. The summed E-state index contributed by atoms with van der Waals surface area (Å²) in [6.45, 7) is 1.23. The first-order valence-electron chi connectivity index (χ1n) is 6.48. The molecule has 0 N–H and O–H groups in total. The molecule has 1 aliphatic rings. The topological polar surface area (TPSA) is 16.1 Å². The standard InChI is InChI=1S/C16H15FN2/c1-2-16(17)9-11-19(12-10-16)15-8-7-13-5-3-4-6-14(13)18-15/h1,3-8H,9-12H2. The zero-order valence-electron chi connectivity index (χ0n) is 10.6. The number of halogens is 1. The normalized spacial score (nSPS) is 18.2. The minimum Gasteiger partial charge on any atom is -0.356 e. The Labute approximate surface area is 112 Å². The molecule has 0 unspecified atom stereocenters. The molecule has 1 aliphatic heterocycles. The lowest BCUT2D eigenvalue weighted by molar-refractivity contribution is 0.196. The van der Waals surface area contributed by atoms with E-state index in [-0.39, 0.29) is 0 Å². The Morgan fingerprint density at radius 3 is 2.63 bits per heavy atom. The van der Waals surface area contributed by atoms with Crippen LogP contribution in [0.3, 0.4) is 0 Å². The molecule has 2 aromatic rings. The minimum absolute atomic E-state index is 0.373. The van der Waals surface area contributed by atoms with Crippen molar-refractivity contribution < 1.29 is 4.39 Å². The number of piperidine rings is 1. The summed E-state index contributed by atoms with van der Waals surface area (Å²) in [6.07, 6.45) is 5.98. The lowest BCUT2D eigenvalue weighted by Gasteiger charge is -2.34. The second-order valence-corrected chi connectivity index (χ2v) is 4.96. The molecule has 0 radical (unpaired) electrons. The predicted molar refractivity (Wildman–Crippen MR) is 75.9 cm³/mol. The summed E-state index contributed by atoms with van der Waals surface area (Å²) >= 11 is 0. The lowest BCUT2D eigenvalue weighted by Crippen LogP contribution is -2.41. The Bertz CT molecular complexity index is 636. The number of terminal acetylenes is 1. The number of fused-ring (bicyclic) bond motifs is 1. The SMILES string of the molecule is C#CC1(F)CCN(c2ccc3ccccc3n2)CC1. The highest BCUT2D eigenvalue weighted by molar-refractivity contribution is 5.80. The van der Waals surface area contributed by atoms with Gasteiger partial charge in [0.15, 0.2) is 5.67 Å². The number of para-hydroxylation sites is 1. The van der Waals surface area contributed by atoms with Crippen molar-refractivity contribution in [1.82, 2.24) is 4.98 Å². The highest BCUT2D eigenvalue weighted by atomic mass is 19.1. The largest absolute Gasteiger partial charge is 0.356 e. The maximum atomic E-state index is 14.0. The average Bonchev–Trinajstić information content (AvgIpc) is 2.47. The van der Waals surface area contributed by atoms with Crippen molar-refractivity contribution in [3.05, 3.63) is 36.4 Å². The van der Waals surface area contributed by atoms with Crippen LogP contribution >= 0.6 is 0 Å². The van der Waals surface area contributed by atoms with Crippen molar-refractivity contribution in [1.29, 1.82) is 0 Å². The van der Waals surface area contributed by atoms with Gasteiger partial charge in [-0.3, -0.25) is 0 Å². The van der Waals surface area contributed by atoms with E-state index in [4.69, 9.17) is 6.42 Å². The first-order valence-corrected chi connectivity index (χ1v) is 6.48. The summed E-state index contributed by atoms with van der Waals surface area (Å²) in [6, 6.07) is 12.0. The van der Waals surface area contributed by atoms with Crippen molar-refractivity contribution in [2.24, 2.45) is 0 Å². The van der Waals surface area contributed by atoms with Crippen molar-refractivity contribution >= 4 is 16.7 Å². The van der Waals surface area contributed by atoms with Gasteiger partial charge >= 0.3 is 0 Å². The molecule has 0 atom stereocenters. The van der Waals surface area contributed by atoms with Crippen LogP contribution in [0.1, 0.15) is 12.8 Å². The molecule has 96 valence electrons. The molecule has 3 heteroatoms. The fourth-order valence-electron chi connectivity index (χ4n) is 2.47. The maximum absolute atomic E-state index is 14.0. The minimum atomic E-state index is -1.44. The Morgan fingerprint density at radius 2 is 1.89 bits per heavy atom. The van der Waals surface area contributed by atoms with E-state index in [1.807, 2.05) is 30.3 Å². The molecule has 0 aliphatic carbocycles. The third kappa shape index (κ3) is 2.26. The van der Waals surface area contributed by atoms with Gasteiger partial charge in [-0.2, -0.15) is 0 Å². The summed E-state index contributed by atoms with van der Waals surface area (Å²) in [5, 5.41) is 1.12. The number of aromatic nitrogens is 1. The molecule has 1 aromatic carbocycles. The molecule has 1 saturated heterocycles. The van der Waals surface area contributed by atoms with E-state index in [0.29, 0.717) is 25.9 Å². The van der Waals surface area contributed by atoms with E-state index < -0.39 is 5.67 Å². The van der Waals surface area contributed by atoms with Crippen molar-refractivity contribution in [2.45, 2.75) is 18.5 Å². The lowest BCUT2D eigenvalue weighted by atomic mass is 9.94. The third-order valence-electron chi connectivity index (χ3n) is 3.72. The van der Waals surface area contributed by atoms with Crippen LogP contribution in [0.4, 0.5) is 10.2 Å². The van der Waals surface area contributed by atoms with E-state index in [9.17, 15) is 4.39 Å². The second-order valence-electron chi connectivity index (χ2n) is 4.96. The first kappa shape index (κ1) is 12.0. The number of hydrogen-bond acceptors (Lipinski definition) is 2. The molecule has 19 heavy (non-hydrogen) atoms. The van der Waals surface area contributed by atoms with Crippen LogP contribution in [-0.2, 0) is 0 Å². The smallest absolute Gasteiger partial charge is 0.173 e. The molecule has 0 saturated carbocycles. The summed E-state index contributed by atoms with van der Waals surface area (Å²) in [4.78, 5) is 6.72. The van der Waals surface area contributed by atoms with Crippen LogP contribution < -0.4 is 4.90 Å². The first-order chi connectivity index (χ1) is 9.20. The number of hydrogen-bond donors (Lipinski definition) is 0. The number of rotatable bonds is 1. The molecule has 0 bridgehead atoms. The van der Waals surface area contributed by atoms with E-state index in [1.54, 1.807) is 0 Å². The number of nitrogens with zero attached hydrogens (tertiary/aromatic N) is 2. The summed E-state index contributed by atoms with van der Waals surface area (Å²) in [7, 11) is 0. The van der Waals surface area contributed by atoms with E-state index in [0.717, 1.165) is 16.7 Å². The molecule has 1 fully saturated rings. The van der Waals surface area contributed by atoms with Gasteiger partial charge in [0, 0.05) is 31.3 Å². The van der Waals surface area contributed by atoms with Gasteiger partial charge < -0.3 is 4.90 Å². The van der Waals surface area contributed by atoms with E-state index in [1.165, 1.54) is 0 Å². The van der Waals surface area contributed by atoms with Gasteiger partial charge in [0.1, 0.15) is 5.82 Å². The number of pyridine rings is 1. The summed E-state index contributed by atoms with van der Waals surface area (Å²) in [5.41, 5.74) is -0.470. The fraction of sp³-hybridized carbons (Fsp3) is 0.312. The van der Waals surface area contributed by atoms with Crippen LogP contribution in [0.5, 0.6) is 0 Å². The highest BCUT2D eigenvalue weighted by Crippen LogP contribution is 2.28. The zero-order valence-corrected chi connectivity index (χ0v) is 10.6. The maximum Gasteiger partial charge on any atom is 0.173 e. The number of anilines is 1. The van der Waals surface area contributed by atoms with Crippen molar-refractivity contribution in [3.63, 3.8) is 0 Å². The average molecular weight is 254 g/mol. The molecule has 1 aromatic heterocycles. The van der Waals surface area contributed by atoms with Crippen molar-refractivity contribution in [2.75, 3.05) is 18.0 Å². The van der Waals surface area contributed by atoms with Gasteiger partial charge in [0.2, 0.25) is 0 Å². The Balaban J connectivity index is 1.84. The van der Waals surface area contributed by atoms with Gasteiger partial charge in [-0.1, -0.05) is 24.1 Å². The quantitative estimate of drug-likeness (QED) is 0.727. The van der Waals surface area contributed by atoms with Crippen LogP contribution in [-0.4, -0.2) is 23.7 Å². The molecular weight excluding hydrogens is 239 g/mol. The van der Waals surface area contributed by atoms with Gasteiger partial charge in [-0.05, 0) is 18.2 Å². The van der Waals surface area contributed by atoms with E-state index in [2.05, 4.69) is 21.9 Å². The van der Waals surface area contributed by atoms with Gasteiger partial charge in [0.05, 0.1) is 5.52 Å². The van der Waals surface area contributed by atoms with Crippen LogP contribution in [0, 0.1) is 12.3 Å². The Kier molecular flexibility index (Phi) is 2.87. The predicted octanol–water partition coefficient (Wildman–Crippen LogP) is 3.18. The molecular formula is C16H15FN2. The van der Waals surface area contributed by atoms with Gasteiger partial charge in [0.25, 0.3) is 0 Å². The van der Waals surface area contributed by atoms with Gasteiger partial charge in [-0.25, -0.2) is 9.37 Å². The molecule has 3 rings (SSSR count). The fourth-order valence-corrected chi connectivity index (χ4v) is 2.47. The Hall–Kier alpha value is -2.08. The molecule has 2 nitrogen and oxygen atoms in total. The molecule has 0 spiro atoms. The van der Waals surface area contributed by atoms with Crippen LogP contribution in [0.15, 0.2) is 36.4 Å². The Morgan fingerprint density at radius 1 is 1.16 bits per heavy atom. The van der Waals surface area contributed by atoms with Crippen LogP contribution in [0.25, 0.3) is 10.9 Å². The van der Waals surface area contributed by atoms with Crippen molar-refractivity contribution in [3.8, 4) is 12.3 Å². The number of benzene rings is 1. The monoisotopic (exact) mass is 254 g/mol. The van der Waals surface area contributed by atoms with Gasteiger partial charge in [-0.15, -0.1) is 6.42 Å². The molecule has 0 amide bonds. The zero-order chi connectivity index (χ0) is 13.3. The second kappa shape index (κ2) is 4.55. The van der Waals surface area contributed by atoms with E-state index >= 15 is 0 Å². The van der Waals surface area contributed by atoms with Crippen LogP contribution in [0.2, 0.25) is 0 Å². The molecule has 2 heterocycles. The number of alkyl halides is 1. The summed E-state index contributed by atoms with van der Waals surface area (Å²) in [5.74, 6) is 3.17. The highest BCUT2D eigenvalue weighted by Gasteiger charge is 2.32.